The van der Waals surface area contributed by atoms with E-state index in [0.717, 1.165) is 26.1 Å². The first-order valence-electron chi connectivity index (χ1n) is 5.56. The van der Waals surface area contributed by atoms with Crippen LogP contribution in [0.3, 0.4) is 0 Å². The molecule has 1 rings (SSSR count). The van der Waals surface area contributed by atoms with Gasteiger partial charge in [-0.25, -0.2) is 0 Å². The second-order valence-electron chi connectivity index (χ2n) is 4.10. The van der Waals surface area contributed by atoms with Crippen LogP contribution in [0.4, 0.5) is 0 Å². The summed E-state index contributed by atoms with van der Waals surface area (Å²) in [6, 6.07) is 0. The first kappa shape index (κ1) is 12.3. The van der Waals surface area contributed by atoms with E-state index in [1.807, 2.05) is 6.08 Å². The van der Waals surface area contributed by atoms with E-state index in [1.54, 1.807) is 0 Å². The van der Waals surface area contributed by atoms with Gasteiger partial charge in [-0.1, -0.05) is 18.9 Å². The average Bonchev–Trinajstić information content (AvgIpc) is 2.29. The van der Waals surface area contributed by atoms with Gasteiger partial charge in [-0.05, 0) is 24.2 Å². The number of aliphatic hydroxyl groups is 1. The van der Waals surface area contributed by atoms with Crippen molar-refractivity contribution in [2.45, 2.75) is 19.8 Å². The lowest BCUT2D eigenvalue weighted by Gasteiger charge is -2.33. The van der Waals surface area contributed by atoms with Crippen LogP contribution in [0.25, 0.3) is 0 Å². The highest BCUT2D eigenvalue weighted by Gasteiger charge is 2.27. The molecule has 1 aliphatic heterocycles. The average molecular weight is 208 g/mol. The Balaban J connectivity index is 2.53. The zero-order valence-corrected chi connectivity index (χ0v) is 9.41. The quantitative estimate of drug-likeness (QED) is 0.566. The number of hydrogen-bond acceptors (Lipinski definition) is 2. The minimum absolute atomic E-state index is 0.0464. The molecule has 2 nitrogen and oxygen atoms in total. The predicted molar refractivity (Wildman–Crippen MR) is 61.3 cm³/mol. The Bertz CT molecular complexity index is 249. The minimum Gasteiger partial charge on any atom is -0.384 e. The maximum Gasteiger partial charge on any atom is 0.104 e. The number of ether oxygens (including phenoxy) is 1. The van der Waals surface area contributed by atoms with Crippen molar-refractivity contribution in [3.63, 3.8) is 0 Å². The molecule has 3 atom stereocenters. The third-order valence-corrected chi connectivity index (χ3v) is 3.15. The van der Waals surface area contributed by atoms with Crippen molar-refractivity contribution < 1.29 is 9.84 Å². The smallest absolute Gasteiger partial charge is 0.104 e. The fraction of sp³-hybridized carbons (Fsp3) is 0.692. The third kappa shape index (κ3) is 3.70. The highest BCUT2D eigenvalue weighted by atomic mass is 16.5. The van der Waals surface area contributed by atoms with Gasteiger partial charge in [0.25, 0.3) is 0 Å². The van der Waals surface area contributed by atoms with Crippen LogP contribution in [0.2, 0.25) is 0 Å². The second kappa shape index (κ2) is 6.66. The lowest BCUT2D eigenvalue weighted by Crippen LogP contribution is -2.31. The standard InChI is InChI=1S/C13H20O2/c1-3-11(2)13-7-9-15-10-12(13)6-4-5-8-14/h3,11-14H,1,6-10H2,2H3/t11-,12+,13?/m0/s1. The van der Waals surface area contributed by atoms with Gasteiger partial charge in [0.2, 0.25) is 0 Å². The van der Waals surface area contributed by atoms with E-state index in [9.17, 15) is 0 Å². The van der Waals surface area contributed by atoms with E-state index in [-0.39, 0.29) is 6.61 Å². The van der Waals surface area contributed by atoms with Crippen LogP contribution in [0.1, 0.15) is 19.8 Å². The first-order valence-corrected chi connectivity index (χ1v) is 5.56. The SMILES string of the molecule is C=C[C@H](C)C1CCOC[C@H]1CC#CCO. The molecule has 1 aliphatic rings. The van der Waals surface area contributed by atoms with E-state index in [1.165, 1.54) is 0 Å². The molecule has 0 aromatic heterocycles. The van der Waals surface area contributed by atoms with Crippen molar-refractivity contribution >= 4 is 0 Å². The fourth-order valence-corrected chi connectivity index (χ4v) is 2.15. The number of rotatable bonds is 3. The second-order valence-corrected chi connectivity index (χ2v) is 4.10. The molecule has 15 heavy (non-hydrogen) atoms. The van der Waals surface area contributed by atoms with Gasteiger partial charge < -0.3 is 9.84 Å². The maximum absolute atomic E-state index is 8.60. The van der Waals surface area contributed by atoms with Gasteiger partial charge in [-0.2, -0.15) is 0 Å². The van der Waals surface area contributed by atoms with E-state index >= 15 is 0 Å². The van der Waals surface area contributed by atoms with Crippen LogP contribution >= 0.6 is 0 Å². The molecule has 2 heteroatoms. The zero-order chi connectivity index (χ0) is 11.1. The van der Waals surface area contributed by atoms with Crippen molar-refractivity contribution in [2.24, 2.45) is 17.8 Å². The molecular weight excluding hydrogens is 188 g/mol. The Morgan fingerprint density at radius 3 is 3.07 bits per heavy atom. The Hall–Kier alpha value is -0.780. The van der Waals surface area contributed by atoms with Gasteiger partial charge in [0.05, 0.1) is 6.61 Å². The fourth-order valence-electron chi connectivity index (χ4n) is 2.15. The highest BCUT2D eigenvalue weighted by Crippen LogP contribution is 2.31. The molecular formula is C13H20O2. The lowest BCUT2D eigenvalue weighted by molar-refractivity contribution is 0.00722. The molecule has 0 aromatic carbocycles. The molecule has 0 spiro atoms. The summed E-state index contributed by atoms with van der Waals surface area (Å²) in [5.41, 5.74) is 0. The summed E-state index contributed by atoms with van der Waals surface area (Å²) < 4.78 is 5.47. The third-order valence-electron chi connectivity index (χ3n) is 3.15. The van der Waals surface area contributed by atoms with Gasteiger partial charge in [0.15, 0.2) is 0 Å². The molecule has 1 N–H and O–H groups in total. The molecule has 0 bridgehead atoms. The summed E-state index contributed by atoms with van der Waals surface area (Å²) in [5.74, 6) is 7.34. The largest absolute Gasteiger partial charge is 0.384 e. The van der Waals surface area contributed by atoms with Crippen LogP contribution in [0.5, 0.6) is 0 Å². The molecule has 1 fully saturated rings. The summed E-state index contributed by atoms with van der Waals surface area (Å²) in [6.45, 7) is 7.66. The molecule has 1 heterocycles. The molecule has 1 unspecified atom stereocenters. The van der Waals surface area contributed by atoms with Crippen LogP contribution < -0.4 is 0 Å². The van der Waals surface area contributed by atoms with Crippen molar-refractivity contribution in [3.8, 4) is 11.8 Å². The summed E-state index contributed by atoms with van der Waals surface area (Å²) in [5, 5.41) is 8.60. The van der Waals surface area contributed by atoms with Gasteiger partial charge in [0, 0.05) is 13.0 Å². The Kier molecular flexibility index (Phi) is 5.45. The van der Waals surface area contributed by atoms with E-state index in [0.29, 0.717) is 17.8 Å². The van der Waals surface area contributed by atoms with Crippen LogP contribution in [0.15, 0.2) is 12.7 Å². The van der Waals surface area contributed by atoms with Crippen molar-refractivity contribution in [1.82, 2.24) is 0 Å². The van der Waals surface area contributed by atoms with Gasteiger partial charge >= 0.3 is 0 Å². The number of allylic oxidation sites excluding steroid dienone is 1. The topological polar surface area (TPSA) is 29.5 Å². The molecule has 0 amide bonds. The molecule has 0 aliphatic carbocycles. The minimum atomic E-state index is -0.0464. The normalized spacial score (nSPS) is 27.6. The molecule has 0 aromatic rings. The van der Waals surface area contributed by atoms with E-state index in [4.69, 9.17) is 9.84 Å². The Morgan fingerprint density at radius 1 is 1.60 bits per heavy atom. The Labute approximate surface area is 92.3 Å². The number of hydrogen-bond donors (Lipinski definition) is 1. The monoisotopic (exact) mass is 208 g/mol. The highest BCUT2D eigenvalue weighted by molar-refractivity contribution is 5.01. The van der Waals surface area contributed by atoms with Crippen LogP contribution in [-0.2, 0) is 4.74 Å². The number of aliphatic hydroxyl groups excluding tert-OH is 1. The van der Waals surface area contributed by atoms with E-state index in [2.05, 4.69) is 25.3 Å². The maximum atomic E-state index is 8.60. The summed E-state index contributed by atoms with van der Waals surface area (Å²) in [6.07, 6.45) is 3.94. The van der Waals surface area contributed by atoms with Crippen LogP contribution in [0, 0.1) is 29.6 Å². The first-order chi connectivity index (χ1) is 7.29. The lowest BCUT2D eigenvalue weighted by atomic mass is 9.78. The zero-order valence-electron chi connectivity index (χ0n) is 9.41. The van der Waals surface area contributed by atoms with E-state index < -0.39 is 0 Å². The molecule has 1 saturated heterocycles. The molecule has 0 radical (unpaired) electrons. The van der Waals surface area contributed by atoms with Gasteiger partial charge in [-0.3, -0.25) is 0 Å². The van der Waals surface area contributed by atoms with Crippen molar-refractivity contribution in [3.05, 3.63) is 12.7 Å². The van der Waals surface area contributed by atoms with Crippen LogP contribution in [-0.4, -0.2) is 24.9 Å². The van der Waals surface area contributed by atoms with Crippen molar-refractivity contribution in [2.75, 3.05) is 19.8 Å². The summed E-state index contributed by atoms with van der Waals surface area (Å²) in [4.78, 5) is 0. The van der Waals surface area contributed by atoms with Gasteiger partial charge in [0.1, 0.15) is 6.61 Å². The molecule has 0 saturated carbocycles. The Morgan fingerprint density at radius 2 is 2.40 bits per heavy atom. The van der Waals surface area contributed by atoms with Gasteiger partial charge in [-0.15, -0.1) is 12.5 Å². The predicted octanol–water partition coefficient (Wildman–Crippen LogP) is 1.85. The molecule has 84 valence electrons. The summed E-state index contributed by atoms with van der Waals surface area (Å²) in [7, 11) is 0. The summed E-state index contributed by atoms with van der Waals surface area (Å²) >= 11 is 0. The van der Waals surface area contributed by atoms with Crippen molar-refractivity contribution in [1.29, 1.82) is 0 Å².